The van der Waals surface area contributed by atoms with Crippen LogP contribution in [0.1, 0.15) is 31.9 Å². The van der Waals surface area contributed by atoms with Crippen LogP contribution in [0, 0.1) is 5.41 Å². The third kappa shape index (κ3) is 5.16. The van der Waals surface area contributed by atoms with Crippen molar-refractivity contribution in [3.63, 3.8) is 0 Å². The predicted molar refractivity (Wildman–Crippen MR) is 116 cm³/mol. The zero-order valence-electron chi connectivity index (χ0n) is 17.3. The second kappa shape index (κ2) is 8.63. The molecule has 6 nitrogen and oxygen atoms in total. The van der Waals surface area contributed by atoms with Crippen molar-refractivity contribution in [1.29, 1.82) is 0 Å². The molecule has 0 atom stereocenters. The second-order valence-electron chi connectivity index (χ2n) is 8.10. The fraction of sp³-hybridized carbons (Fsp3) is 0.286. The number of nitrogens with zero attached hydrogens (tertiary/aromatic N) is 2. The lowest BCUT2D eigenvalue weighted by Gasteiger charge is -2.17. The van der Waals surface area contributed by atoms with Gasteiger partial charge >= 0.3 is 11.9 Å². The van der Waals surface area contributed by atoms with Gasteiger partial charge in [-0.2, -0.15) is 17.9 Å². The lowest BCUT2D eigenvalue weighted by molar-refractivity contribution is -0.137. The molecule has 170 valence electrons. The summed E-state index contributed by atoms with van der Waals surface area (Å²) in [4.78, 5) is 27.0. The Hall–Kier alpha value is -2.78. The number of hydrogen-bond donors (Lipinski definition) is 2. The maximum atomic E-state index is 13.2. The molecule has 0 saturated heterocycles. The van der Waals surface area contributed by atoms with E-state index in [1.807, 2.05) is 0 Å². The molecule has 0 unspecified atom stereocenters. The highest BCUT2D eigenvalue weighted by molar-refractivity contribution is 6.33. The number of carbonyl (C=O) groups excluding carboxylic acids is 1. The van der Waals surface area contributed by atoms with Gasteiger partial charge in [-0.3, -0.25) is 9.78 Å². The van der Waals surface area contributed by atoms with E-state index in [4.69, 9.17) is 23.2 Å². The number of hydrogen-bond acceptors (Lipinski definition) is 3. The first-order chi connectivity index (χ1) is 14.8. The van der Waals surface area contributed by atoms with Gasteiger partial charge in [-0.1, -0.05) is 50.0 Å². The first-order valence-corrected chi connectivity index (χ1v) is 10.2. The van der Waals surface area contributed by atoms with E-state index in [1.54, 1.807) is 39.0 Å². The number of aromatic nitrogens is 3. The van der Waals surface area contributed by atoms with E-state index in [2.05, 4.69) is 15.4 Å². The molecule has 1 aromatic heterocycles. The first kappa shape index (κ1) is 23.9. The average Bonchev–Trinajstić information content (AvgIpc) is 3.07. The molecular formula is C21H19Cl2F3N4O2. The summed E-state index contributed by atoms with van der Waals surface area (Å²) in [5.41, 5.74) is -1.45. The van der Waals surface area contributed by atoms with Gasteiger partial charge in [0.2, 0.25) is 5.91 Å². The molecule has 0 saturated carbocycles. The summed E-state index contributed by atoms with van der Waals surface area (Å²) in [5, 5.41) is 6.69. The average molecular weight is 487 g/mol. The van der Waals surface area contributed by atoms with Gasteiger partial charge < -0.3 is 5.32 Å². The molecule has 0 fully saturated rings. The molecule has 3 aromatic rings. The van der Waals surface area contributed by atoms with Crippen molar-refractivity contribution in [3.8, 4) is 17.1 Å². The van der Waals surface area contributed by atoms with Crippen molar-refractivity contribution in [2.45, 2.75) is 33.5 Å². The number of H-pyrrole nitrogens is 1. The van der Waals surface area contributed by atoms with Gasteiger partial charge in [0.15, 0.2) is 5.82 Å². The smallest absolute Gasteiger partial charge is 0.352 e. The summed E-state index contributed by atoms with van der Waals surface area (Å²) >= 11 is 11.9. The second-order valence-corrected chi connectivity index (χ2v) is 8.91. The topological polar surface area (TPSA) is 79.8 Å². The fourth-order valence-corrected chi connectivity index (χ4v) is 3.23. The summed E-state index contributed by atoms with van der Waals surface area (Å²) in [6, 6.07) is 7.97. The van der Waals surface area contributed by atoms with Gasteiger partial charge in [-0.05, 0) is 35.9 Å². The van der Waals surface area contributed by atoms with Crippen LogP contribution in [-0.2, 0) is 17.5 Å². The minimum atomic E-state index is -4.69. The monoisotopic (exact) mass is 486 g/mol. The summed E-state index contributed by atoms with van der Waals surface area (Å²) in [7, 11) is 0. The Morgan fingerprint density at radius 3 is 2.38 bits per heavy atom. The van der Waals surface area contributed by atoms with Crippen LogP contribution in [0.25, 0.3) is 17.1 Å². The Bertz CT molecular complexity index is 1230. The fourth-order valence-electron chi connectivity index (χ4n) is 2.79. The minimum Gasteiger partial charge on any atom is -0.352 e. The van der Waals surface area contributed by atoms with Gasteiger partial charge in [-0.25, -0.2) is 4.79 Å². The van der Waals surface area contributed by atoms with Gasteiger partial charge in [0, 0.05) is 17.5 Å². The number of carbonyl (C=O) groups is 1. The number of halogens is 5. The van der Waals surface area contributed by atoms with Crippen LogP contribution in [0.3, 0.4) is 0 Å². The van der Waals surface area contributed by atoms with E-state index >= 15 is 0 Å². The molecule has 2 N–H and O–H groups in total. The largest absolute Gasteiger partial charge is 0.417 e. The maximum absolute atomic E-state index is 13.2. The van der Waals surface area contributed by atoms with Crippen LogP contribution < -0.4 is 11.0 Å². The predicted octanol–water partition coefficient (Wildman–Crippen LogP) is 5.22. The first-order valence-electron chi connectivity index (χ1n) is 9.41. The Labute approximate surface area is 191 Å². The number of aromatic amines is 1. The lowest BCUT2D eigenvalue weighted by atomic mass is 9.95. The Kier molecular flexibility index (Phi) is 6.44. The highest BCUT2D eigenvalue weighted by Crippen LogP contribution is 2.35. The number of amides is 1. The van der Waals surface area contributed by atoms with E-state index in [-0.39, 0.29) is 29.0 Å². The Balaban J connectivity index is 1.96. The quantitative estimate of drug-likeness (QED) is 0.530. The number of benzene rings is 2. The van der Waals surface area contributed by atoms with Crippen LogP contribution in [0.4, 0.5) is 13.2 Å². The van der Waals surface area contributed by atoms with Crippen LogP contribution in [0.15, 0.2) is 41.2 Å². The highest BCUT2D eigenvalue weighted by Gasteiger charge is 2.33. The van der Waals surface area contributed by atoms with Crippen molar-refractivity contribution in [2.75, 3.05) is 0 Å². The molecule has 0 radical (unpaired) electrons. The van der Waals surface area contributed by atoms with Crippen molar-refractivity contribution < 1.29 is 18.0 Å². The lowest BCUT2D eigenvalue weighted by Crippen LogP contribution is -2.34. The molecule has 0 aliphatic carbocycles. The molecule has 0 spiro atoms. The summed E-state index contributed by atoms with van der Waals surface area (Å²) in [6.45, 7) is 5.58. The Morgan fingerprint density at radius 1 is 1.09 bits per heavy atom. The molecule has 0 bridgehead atoms. The standard InChI is InChI=1S/C21H19Cl2F3N4O2/c1-20(2,3)18(31)27-10-11-4-6-15(22)13(8-11)17-28-19(32)30(29-17)12-5-7-16(23)14(9-12)21(24,25)26/h4-9H,10H2,1-3H3,(H,27,31)(H,28,29,32). The minimum absolute atomic E-state index is 0.0625. The third-order valence-corrected chi connectivity index (χ3v) is 5.20. The van der Waals surface area contributed by atoms with E-state index < -0.39 is 27.9 Å². The summed E-state index contributed by atoms with van der Waals surface area (Å²) in [5.74, 6) is -0.0811. The van der Waals surface area contributed by atoms with Gasteiger partial charge in [0.1, 0.15) is 0 Å². The van der Waals surface area contributed by atoms with E-state index in [1.165, 1.54) is 6.07 Å². The van der Waals surface area contributed by atoms with Crippen molar-refractivity contribution in [3.05, 3.63) is 68.1 Å². The van der Waals surface area contributed by atoms with E-state index in [0.717, 1.165) is 16.8 Å². The number of nitrogens with one attached hydrogen (secondary N) is 2. The molecule has 11 heteroatoms. The molecular weight excluding hydrogens is 468 g/mol. The van der Waals surface area contributed by atoms with E-state index in [0.29, 0.717) is 11.1 Å². The molecule has 0 aliphatic rings. The number of rotatable bonds is 4. The molecule has 3 rings (SSSR count). The van der Waals surface area contributed by atoms with Crippen molar-refractivity contribution >= 4 is 29.1 Å². The molecule has 2 aromatic carbocycles. The zero-order valence-corrected chi connectivity index (χ0v) is 18.8. The summed E-state index contributed by atoms with van der Waals surface area (Å²) < 4.78 is 40.3. The van der Waals surface area contributed by atoms with Gasteiger partial charge in [0.25, 0.3) is 0 Å². The maximum Gasteiger partial charge on any atom is 0.417 e. The molecule has 32 heavy (non-hydrogen) atoms. The zero-order chi connectivity index (χ0) is 23.8. The van der Waals surface area contributed by atoms with Crippen LogP contribution in [0.5, 0.6) is 0 Å². The van der Waals surface area contributed by atoms with Crippen molar-refractivity contribution in [2.24, 2.45) is 5.41 Å². The summed E-state index contributed by atoms with van der Waals surface area (Å²) in [6.07, 6.45) is -4.69. The third-order valence-electron chi connectivity index (χ3n) is 4.54. The molecule has 1 amide bonds. The SMILES string of the molecule is CC(C)(C)C(=O)NCc1ccc(Cl)c(-c2nn(-c3ccc(Cl)c(C(F)(F)F)c3)c(=O)[nH]2)c1. The van der Waals surface area contributed by atoms with Crippen LogP contribution in [-0.4, -0.2) is 20.7 Å². The normalized spacial score (nSPS) is 12.1. The van der Waals surface area contributed by atoms with E-state index in [9.17, 15) is 22.8 Å². The highest BCUT2D eigenvalue weighted by atomic mass is 35.5. The Morgan fingerprint density at radius 2 is 1.75 bits per heavy atom. The van der Waals surface area contributed by atoms with Gasteiger partial charge in [0.05, 0.1) is 21.3 Å². The molecule has 0 aliphatic heterocycles. The molecule has 1 heterocycles. The van der Waals surface area contributed by atoms with Crippen LogP contribution in [0.2, 0.25) is 10.0 Å². The van der Waals surface area contributed by atoms with Gasteiger partial charge in [-0.15, -0.1) is 5.10 Å². The van der Waals surface area contributed by atoms with Crippen LogP contribution >= 0.6 is 23.2 Å². The van der Waals surface area contributed by atoms with Crippen molar-refractivity contribution in [1.82, 2.24) is 20.1 Å². The number of alkyl halides is 3.